The van der Waals surface area contributed by atoms with Crippen molar-refractivity contribution in [2.24, 2.45) is 0 Å². The molecule has 0 saturated heterocycles. The third-order valence-corrected chi connectivity index (χ3v) is 2.93. The van der Waals surface area contributed by atoms with Crippen molar-refractivity contribution in [2.75, 3.05) is 40.0 Å². The lowest BCUT2D eigenvalue weighted by atomic mass is 10.0. The number of aliphatic hydroxyl groups excluding tert-OH is 2. The fourth-order valence-corrected chi connectivity index (χ4v) is 1.89. The van der Waals surface area contributed by atoms with Crippen LogP contribution in [-0.2, 0) is 4.74 Å². The van der Waals surface area contributed by atoms with E-state index >= 15 is 0 Å². The molecule has 114 valence electrons. The summed E-state index contributed by atoms with van der Waals surface area (Å²) in [5.74, 6) is 5.15. The molecule has 5 nitrogen and oxygen atoms in total. The predicted molar refractivity (Wildman–Crippen MR) is 80.0 cm³/mol. The first-order valence-corrected chi connectivity index (χ1v) is 6.73. The van der Waals surface area contributed by atoms with E-state index in [1.54, 1.807) is 13.2 Å². The van der Waals surface area contributed by atoms with E-state index in [2.05, 4.69) is 11.8 Å². The Bertz CT molecular complexity index is 531. The number of aryl methyl sites for hydroxylation is 1. The summed E-state index contributed by atoms with van der Waals surface area (Å²) in [5.41, 5.74) is 2.03. The highest BCUT2D eigenvalue weighted by Gasteiger charge is 2.17. The van der Waals surface area contributed by atoms with Gasteiger partial charge in [0.25, 0.3) is 5.91 Å². The van der Waals surface area contributed by atoms with Gasteiger partial charge >= 0.3 is 0 Å². The molecule has 0 heterocycles. The van der Waals surface area contributed by atoms with Crippen LogP contribution in [0.25, 0.3) is 0 Å². The van der Waals surface area contributed by atoms with Gasteiger partial charge in [0.2, 0.25) is 0 Å². The lowest BCUT2D eigenvalue weighted by Gasteiger charge is -2.22. The van der Waals surface area contributed by atoms with Gasteiger partial charge in [0.1, 0.15) is 6.61 Å². The van der Waals surface area contributed by atoms with E-state index in [-0.39, 0.29) is 25.7 Å². The zero-order valence-corrected chi connectivity index (χ0v) is 12.4. The molecule has 1 aromatic carbocycles. The lowest BCUT2D eigenvalue weighted by Crippen LogP contribution is -2.36. The first-order chi connectivity index (χ1) is 10.1. The number of hydrogen-bond acceptors (Lipinski definition) is 4. The molecule has 0 aliphatic rings. The molecule has 5 heteroatoms. The van der Waals surface area contributed by atoms with Crippen molar-refractivity contribution in [1.29, 1.82) is 0 Å². The van der Waals surface area contributed by atoms with Gasteiger partial charge < -0.3 is 19.8 Å². The summed E-state index contributed by atoms with van der Waals surface area (Å²) in [7, 11) is 1.56. The molecule has 2 N–H and O–H groups in total. The van der Waals surface area contributed by atoms with Crippen LogP contribution < -0.4 is 0 Å². The zero-order valence-electron chi connectivity index (χ0n) is 12.4. The first-order valence-electron chi connectivity index (χ1n) is 6.73. The van der Waals surface area contributed by atoms with E-state index in [4.69, 9.17) is 14.9 Å². The molecule has 0 spiro atoms. The number of benzene rings is 1. The number of aliphatic hydroxyl groups is 2. The molecule has 0 bridgehead atoms. The van der Waals surface area contributed by atoms with Gasteiger partial charge in [-0.2, -0.15) is 0 Å². The Kier molecular flexibility index (Phi) is 7.48. The Hall–Kier alpha value is -1.87. The molecule has 0 radical (unpaired) electrons. The van der Waals surface area contributed by atoms with E-state index in [1.165, 1.54) is 4.90 Å². The van der Waals surface area contributed by atoms with Crippen LogP contribution in [0.2, 0.25) is 0 Å². The molecular formula is C16H21NO4. The number of nitrogens with zero attached hydrogens (tertiary/aromatic N) is 1. The molecule has 0 fully saturated rings. The molecule has 21 heavy (non-hydrogen) atoms. The molecule has 0 aliphatic carbocycles. The first kappa shape index (κ1) is 17.2. The van der Waals surface area contributed by atoms with Crippen molar-refractivity contribution in [2.45, 2.75) is 6.92 Å². The number of ether oxygens (including phenoxy) is 1. The van der Waals surface area contributed by atoms with Gasteiger partial charge in [-0.1, -0.05) is 17.9 Å². The second-order valence-electron chi connectivity index (χ2n) is 4.52. The molecule has 0 aromatic heterocycles. The summed E-state index contributed by atoms with van der Waals surface area (Å²) in [5, 5.41) is 17.9. The minimum absolute atomic E-state index is 0.112. The normalized spacial score (nSPS) is 9.90. The van der Waals surface area contributed by atoms with Crippen molar-refractivity contribution >= 4 is 5.91 Å². The SMILES string of the molecule is COCCN(CCO)C(=O)c1ccc(C)cc1C#CCO. The molecule has 0 saturated carbocycles. The molecule has 0 unspecified atom stereocenters. The van der Waals surface area contributed by atoms with Crippen LogP contribution in [-0.4, -0.2) is 61.0 Å². The standard InChI is InChI=1S/C16H21NO4/c1-13-5-6-15(14(12-13)4-3-9-18)16(20)17(7-10-19)8-11-21-2/h5-6,12,18-19H,7-11H2,1-2H3. The van der Waals surface area contributed by atoms with Crippen LogP contribution >= 0.6 is 0 Å². The predicted octanol–water partition coefficient (Wildman–Crippen LogP) is 0.420. The van der Waals surface area contributed by atoms with Gasteiger partial charge in [0.15, 0.2) is 0 Å². The highest BCUT2D eigenvalue weighted by molar-refractivity contribution is 5.96. The van der Waals surface area contributed by atoms with E-state index < -0.39 is 0 Å². The van der Waals surface area contributed by atoms with Crippen LogP contribution in [0.15, 0.2) is 18.2 Å². The van der Waals surface area contributed by atoms with Crippen molar-refractivity contribution in [1.82, 2.24) is 4.90 Å². The topological polar surface area (TPSA) is 70.0 Å². The Labute approximate surface area is 125 Å². The number of methoxy groups -OCH3 is 1. The summed E-state index contributed by atoms with van der Waals surface area (Å²) < 4.78 is 4.98. The van der Waals surface area contributed by atoms with Crippen LogP contribution in [0.5, 0.6) is 0 Å². The van der Waals surface area contributed by atoms with Crippen LogP contribution in [0.4, 0.5) is 0 Å². The molecule has 0 aliphatic heterocycles. The quantitative estimate of drug-likeness (QED) is 0.745. The summed E-state index contributed by atoms with van der Waals surface area (Å²) in [6.07, 6.45) is 0. The highest BCUT2D eigenvalue weighted by atomic mass is 16.5. The number of carbonyl (C=O) groups excluding carboxylic acids is 1. The van der Waals surface area contributed by atoms with Gasteiger partial charge in [-0.15, -0.1) is 0 Å². The minimum Gasteiger partial charge on any atom is -0.395 e. The summed E-state index contributed by atoms with van der Waals surface area (Å²) in [6, 6.07) is 5.37. The van der Waals surface area contributed by atoms with Crippen LogP contribution in [0.3, 0.4) is 0 Å². The lowest BCUT2D eigenvalue weighted by molar-refractivity contribution is 0.0656. The maximum absolute atomic E-state index is 12.6. The fourth-order valence-electron chi connectivity index (χ4n) is 1.89. The number of amides is 1. The van der Waals surface area contributed by atoms with Crippen molar-refractivity contribution in [3.8, 4) is 11.8 Å². The molecule has 0 atom stereocenters. The Balaban J connectivity index is 3.08. The Morgan fingerprint density at radius 2 is 2.10 bits per heavy atom. The Morgan fingerprint density at radius 3 is 2.71 bits per heavy atom. The van der Waals surface area contributed by atoms with E-state index in [0.717, 1.165) is 5.56 Å². The molecule has 1 amide bonds. The third kappa shape index (κ3) is 5.20. The van der Waals surface area contributed by atoms with Crippen molar-refractivity contribution in [3.63, 3.8) is 0 Å². The van der Waals surface area contributed by atoms with Gasteiger partial charge in [0.05, 0.1) is 18.8 Å². The van der Waals surface area contributed by atoms with E-state index in [9.17, 15) is 4.79 Å². The van der Waals surface area contributed by atoms with Gasteiger partial charge in [0, 0.05) is 25.8 Å². The maximum Gasteiger partial charge on any atom is 0.255 e. The van der Waals surface area contributed by atoms with Gasteiger partial charge in [-0.25, -0.2) is 0 Å². The number of hydrogen-bond donors (Lipinski definition) is 2. The summed E-state index contributed by atoms with van der Waals surface area (Å²) in [4.78, 5) is 14.1. The molecule has 1 aromatic rings. The summed E-state index contributed by atoms with van der Waals surface area (Å²) >= 11 is 0. The highest BCUT2D eigenvalue weighted by Crippen LogP contribution is 2.13. The zero-order chi connectivity index (χ0) is 15.7. The van der Waals surface area contributed by atoms with Gasteiger partial charge in [-0.3, -0.25) is 4.79 Å². The van der Waals surface area contributed by atoms with E-state index in [0.29, 0.717) is 24.3 Å². The summed E-state index contributed by atoms with van der Waals surface area (Å²) in [6.45, 7) is 2.58. The maximum atomic E-state index is 12.6. The average molecular weight is 291 g/mol. The fraction of sp³-hybridized carbons (Fsp3) is 0.438. The third-order valence-electron chi connectivity index (χ3n) is 2.93. The van der Waals surface area contributed by atoms with Gasteiger partial charge in [-0.05, 0) is 24.6 Å². The molecule has 1 rings (SSSR count). The second kappa shape index (κ2) is 9.14. The van der Waals surface area contributed by atoms with E-state index in [1.807, 2.05) is 19.1 Å². The molecular weight excluding hydrogens is 270 g/mol. The number of rotatable bonds is 6. The van der Waals surface area contributed by atoms with Crippen molar-refractivity contribution in [3.05, 3.63) is 34.9 Å². The smallest absolute Gasteiger partial charge is 0.255 e. The van der Waals surface area contributed by atoms with Crippen molar-refractivity contribution < 1.29 is 19.7 Å². The number of carbonyl (C=O) groups is 1. The van der Waals surface area contributed by atoms with Crippen LogP contribution in [0, 0.1) is 18.8 Å². The average Bonchev–Trinajstić information content (AvgIpc) is 2.48. The second-order valence-corrected chi connectivity index (χ2v) is 4.52. The Morgan fingerprint density at radius 1 is 1.33 bits per heavy atom. The largest absolute Gasteiger partial charge is 0.395 e. The monoisotopic (exact) mass is 291 g/mol. The minimum atomic E-state index is -0.258. The van der Waals surface area contributed by atoms with Crippen LogP contribution in [0.1, 0.15) is 21.5 Å².